The molecule has 0 spiro atoms. The average molecular weight is 397 g/mol. The number of nitrogens with zero attached hydrogens (tertiary/aromatic N) is 3. The molecule has 0 aliphatic heterocycles. The molecule has 3 aromatic rings. The van der Waals surface area contributed by atoms with Crippen LogP contribution < -0.4 is 0 Å². The molecule has 0 saturated carbocycles. The quantitative estimate of drug-likeness (QED) is 0.528. The van der Waals surface area contributed by atoms with Crippen LogP contribution in [0.5, 0.6) is 0 Å². The van der Waals surface area contributed by atoms with Crippen LogP contribution in [0.15, 0.2) is 54.6 Å². The van der Waals surface area contributed by atoms with Crippen LogP contribution in [-0.4, -0.2) is 33.7 Å². The Morgan fingerprint density at radius 3 is 1.93 bits per heavy atom. The van der Waals surface area contributed by atoms with Crippen molar-refractivity contribution in [3.63, 3.8) is 0 Å². The minimum absolute atomic E-state index is 0.00850. The van der Waals surface area contributed by atoms with E-state index >= 15 is 0 Å². The molecule has 0 saturated heterocycles. The molecule has 0 unspecified atom stereocenters. The Hall–Kier alpha value is -3.02. The SMILES string of the molecule is CCCN(CCC)C(=O)Cn1nc(-c2ccc(F)cc2)cc1-c1ccc(F)cc1. The number of carbonyl (C=O) groups is 1. The lowest BCUT2D eigenvalue weighted by atomic mass is 10.1. The van der Waals surface area contributed by atoms with E-state index in [9.17, 15) is 13.6 Å². The number of rotatable bonds is 8. The predicted octanol–water partition coefficient (Wildman–Crippen LogP) is 5.14. The zero-order valence-electron chi connectivity index (χ0n) is 16.7. The van der Waals surface area contributed by atoms with Crippen molar-refractivity contribution in [2.75, 3.05) is 13.1 Å². The standard InChI is InChI=1S/C23H25F2N3O/c1-3-13-27(14-4-2)23(29)16-28-22(18-7-11-20(25)12-8-18)15-21(26-28)17-5-9-19(24)10-6-17/h5-12,15H,3-4,13-14,16H2,1-2H3. The summed E-state index contributed by atoms with van der Waals surface area (Å²) in [4.78, 5) is 14.7. The molecule has 1 heterocycles. The Balaban J connectivity index is 1.98. The van der Waals surface area contributed by atoms with E-state index in [1.54, 1.807) is 28.9 Å². The number of amides is 1. The molecule has 2 aromatic carbocycles. The average Bonchev–Trinajstić information content (AvgIpc) is 3.12. The highest BCUT2D eigenvalue weighted by atomic mass is 19.1. The normalized spacial score (nSPS) is 10.9. The molecule has 1 aromatic heterocycles. The van der Waals surface area contributed by atoms with Gasteiger partial charge in [0.15, 0.2) is 0 Å². The molecule has 0 atom stereocenters. The summed E-state index contributed by atoms with van der Waals surface area (Å²) in [6, 6.07) is 14.0. The third-order valence-electron chi connectivity index (χ3n) is 4.68. The summed E-state index contributed by atoms with van der Waals surface area (Å²) in [5.74, 6) is -0.658. The van der Waals surface area contributed by atoms with Gasteiger partial charge in [-0.2, -0.15) is 5.10 Å². The van der Waals surface area contributed by atoms with Crippen molar-refractivity contribution in [2.45, 2.75) is 33.2 Å². The van der Waals surface area contributed by atoms with Crippen molar-refractivity contribution in [3.8, 4) is 22.5 Å². The lowest BCUT2D eigenvalue weighted by molar-refractivity contribution is -0.132. The first-order chi connectivity index (χ1) is 14.0. The fraction of sp³-hybridized carbons (Fsp3) is 0.304. The molecular weight excluding hydrogens is 372 g/mol. The van der Waals surface area contributed by atoms with Crippen LogP contribution in [0.4, 0.5) is 8.78 Å². The number of halogens is 2. The number of carbonyl (C=O) groups excluding carboxylic acids is 1. The second-order valence-electron chi connectivity index (χ2n) is 6.97. The van der Waals surface area contributed by atoms with Gasteiger partial charge in [-0.25, -0.2) is 8.78 Å². The number of hydrogen-bond acceptors (Lipinski definition) is 2. The molecule has 0 aliphatic rings. The summed E-state index contributed by atoms with van der Waals surface area (Å²) in [6.07, 6.45) is 1.77. The first-order valence-corrected chi connectivity index (χ1v) is 9.89. The van der Waals surface area contributed by atoms with E-state index in [2.05, 4.69) is 5.10 Å². The van der Waals surface area contributed by atoms with Crippen molar-refractivity contribution in [2.24, 2.45) is 0 Å². The van der Waals surface area contributed by atoms with Gasteiger partial charge in [0.1, 0.15) is 18.2 Å². The summed E-state index contributed by atoms with van der Waals surface area (Å²) in [6.45, 7) is 5.57. The van der Waals surface area contributed by atoms with Gasteiger partial charge in [-0.05, 0) is 67.4 Å². The van der Waals surface area contributed by atoms with E-state index in [1.807, 2.05) is 24.8 Å². The van der Waals surface area contributed by atoms with Crippen LogP contribution in [0.3, 0.4) is 0 Å². The van der Waals surface area contributed by atoms with Crippen LogP contribution in [-0.2, 0) is 11.3 Å². The zero-order valence-corrected chi connectivity index (χ0v) is 16.7. The van der Waals surface area contributed by atoms with Crippen LogP contribution >= 0.6 is 0 Å². The summed E-state index contributed by atoms with van der Waals surface area (Å²) in [5.41, 5.74) is 2.86. The van der Waals surface area contributed by atoms with Crippen LogP contribution in [0.2, 0.25) is 0 Å². The Bertz CT molecular complexity index is 943. The molecule has 0 radical (unpaired) electrons. The van der Waals surface area contributed by atoms with E-state index < -0.39 is 0 Å². The largest absolute Gasteiger partial charge is 0.341 e. The van der Waals surface area contributed by atoms with Gasteiger partial charge in [-0.3, -0.25) is 9.48 Å². The lowest BCUT2D eigenvalue weighted by Gasteiger charge is -2.22. The molecule has 4 nitrogen and oxygen atoms in total. The Morgan fingerprint density at radius 1 is 0.897 bits per heavy atom. The van der Waals surface area contributed by atoms with E-state index in [0.29, 0.717) is 24.5 Å². The van der Waals surface area contributed by atoms with Crippen LogP contribution in [0.1, 0.15) is 26.7 Å². The minimum atomic E-state index is -0.327. The van der Waals surface area contributed by atoms with E-state index in [1.165, 1.54) is 24.3 Å². The molecular formula is C23H25F2N3O. The second kappa shape index (κ2) is 9.45. The highest BCUT2D eigenvalue weighted by molar-refractivity contribution is 5.77. The van der Waals surface area contributed by atoms with Crippen molar-refractivity contribution in [1.29, 1.82) is 0 Å². The van der Waals surface area contributed by atoms with Gasteiger partial charge in [-0.15, -0.1) is 0 Å². The highest BCUT2D eigenvalue weighted by Crippen LogP contribution is 2.27. The zero-order chi connectivity index (χ0) is 20.8. The molecule has 0 fully saturated rings. The smallest absolute Gasteiger partial charge is 0.244 e. The predicted molar refractivity (Wildman–Crippen MR) is 110 cm³/mol. The van der Waals surface area contributed by atoms with E-state index in [-0.39, 0.29) is 24.1 Å². The first kappa shape index (κ1) is 20.7. The van der Waals surface area contributed by atoms with Gasteiger partial charge in [0, 0.05) is 24.2 Å². The number of hydrogen-bond donors (Lipinski definition) is 0. The minimum Gasteiger partial charge on any atom is -0.341 e. The summed E-state index contributed by atoms with van der Waals surface area (Å²) < 4.78 is 28.3. The van der Waals surface area contributed by atoms with Crippen LogP contribution in [0, 0.1) is 11.6 Å². The van der Waals surface area contributed by atoms with Gasteiger partial charge in [-0.1, -0.05) is 13.8 Å². The number of benzene rings is 2. The van der Waals surface area contributed by atoms with Gasteiger partial charge in [0.2, 0.25) is 5.91 Å². The van der Waals surface area contributed by atoms with Gasteiger partial charge in [0.25, 0.3) is 0 Å². The first-order valence-electron chi connectivity index (χ1n) is 9.89. The van der Waals surface area contributed by atoms with E-state index in [0.717, 1.165) is 24.0 Å². The van der Waals surface area contributed by atoms with Crippen molar-refractivity contribution >= 4 is 5.91 Å². The maximum absolute atomic E-state index is 13.4. The molecule has 1 amide bonds. The number of aromatic nitrogens is 2. The molecule has 3 rings (SSSR count). The molecule has 0 bridgehead atoms. The summed E-state index contributed by atoms with van der Waals surface area (Å²) in [5, 5.41) is 4.60. The Morgan fingerprint density at radius 2 is 1.41 bits per heavy atom. The summed E-state index contributed by atoms with van der Waals surface area (Å²) >= 11 is 0. The van der Waals surface area contributed by atoms with E-state index in [4.69, 9.17) is 0 Å². The summed E-state index contributed by atoms with van der Waals surface area (Å²) in [7, 11) is 0. The van der Waals surface area contributed by atoms with Crippen molar-refractivity contribution in [3.05, 3.63) is 66.2 Å². The monoisotopic (exact) mass is 397 g/mol. The third-order valence-corrected chi connectivity index (χ3v) is 4.68. The molecule has 6 heteroatoms. The lowest BCUT2D eigenvalue weighted by Crippen LogP contribution is -2.35. The maximum atomic E-state index is 13.4. The fourth-order valence-electron chi connectivity index (χ4n) is 3.28. The molecule has 29 heavy (non-hydrogen) atoms. The Labute approximate surface area is 169 Å². The van der Waals surface area contributed by atoms with Gasteiger partial charge < -0.3 is 4.90 Å². The van der Waals surface area contributed by atoms with Crippen LogP contribution in [0.25, 0.3) is 22.5 Å². The topological polar surface area (TPSA) is 38.1 Å². The fourth-order valence-corrected chi connectivity index (χ4v) is 3.28. The van der Waals surface area contributed by atoms with Crippen molar-refractivity contribution < 1.29 is 13.6 Å². The molecule has 0 aliphatic carbocycles. The molecule has 152 valence electrons. The highest BCUT2D eigenvalue weighted by Gasteiger charge is 2.18. The third kappa shape index (κ3) is 5.08. The van der Waals surface area contributed by atoms with Crippen molar-refractivity contribution in [1.82, 2.24) is 14.7 Å². The maximum Gasteiger partial charge on any atom is 0.244 e. The Kier molecular flexibility index (Phi) is 6.75. The second-order valence-corrected chi connectivity index (χ2v) is 6.97. The van der Waals surface area contributed by atoms with Gasteiger partial charge in [0.05, 0.1) is 11.4 Å². The molecule has 0 N–H and O–H groups in total. The van der Waals surface area contributed by atoms with Gasteiger partial charge >= 0.3 is 0 Å².